The summed E-state index contributed by atoms with van der Waals surface area (Å²) in [6.45, 7) is 2.99. The van der Waals surface area contributed by atoms with E-state index in [9.17, 15) is 18.0 Å². The van der Waals surface area contributed by atoms with Gasteiger partial charge in [0.1, 0.15) is 17.3 Å². The Morgan fingerprint density at radius 3 is 2.57 bits per heavy atom. The molecular formula is C20H20F3N5O2. The average Bonchev–Trinajstić information content (AvgIpc) is 3.02. The van der Waals surface area contributed by atoms with Crippen LogP contribution in [0, 0.1) is 24.4 Å². The summed E-state index contributed by atoms with van der Waals surface area (Å²) in [6, 6.07) is 3.43. The molecule has 0 spiro atoms. The lowest BCUT2D eigenvalue weighted by Gasteiger charge is -2.70. The largest absolute Gasteiger partial charge is 0.484 e. The van der Waals surface area contributed by atoms with Gasteiger partial charge >= 0.3 is 0 Å². The van der Waals surface area contributed by atoms with Crippen molar-refractivity contribution >= 4 is 11.7 Å². The zero-order valence-corrected chi connectivity index (χ0v) is 16.3. The predicted molar refractivity (Wildman–Crippen MR) is 101 cm³/mol. The lowest BCUT2D eigenvalue weighted by Crippen LogP contribution is -2.84. The number of fused-ring (bicyclic) bond motifs is 1. The molecule has 3 aliphatic carbocycles. The molecule has 0 radical (unpaired) electrons. The second-order valence-corrected chi connectivity index (χ2v) is 8.38. The van der Waals surface area contributed by atoms with Crippen molar-refractivity contribution in [2.75, 3.05) is 13.2 Å². The summed E-state index contributed by atoms with van der Waals surface area (Å²) >= 11 is 0. The van der Waals surface area contributed by atoms with E-state index in [0.717, 1.165) is 43.0 Å². The molecule has 2 heterocycles. The minimum atomic E-state index is -1.57. The zero-order chi connectivity index (χ0) is 21.1. The van der Waals surface area contributed by atoms with Crippen LogP contribution < -0.4 is 15.4 Å². The number of aromatic nitrogens is 2. The second kappa shape index (κ2) is 6.48. The Hall–Kier alpha value is -3.04. The summed E-state index contributed by atoms with van der Waals surface area (Å²) in [6.07, 6.45) is 2.28. The lowest BCUT2D eigenvalue weighted by atomic mass is 9.44. The first kappa shape index (κ1) is 19.0. The molecule has 3 saturated carbocycles. The SMILES string of the molecule is Cc1cc2n(n1)CCN=C2NC12CC(NC(=O)COc3cc(F)c(F)c(F)c3)(C1)C2. The van der Waals surface area contributed by atoms with Gasteiger partial charge in [-0.05, 0) is 32.3 Å². The molecule has 30 heavy (non-hydrogen) atoms. The number of hydrogen-bond acceptors (Lipinski definition) is 5. The van der Waals surface area contributed by atoms with E-state index in [4.69, 9.17) is 4.74 Å². The van der Waals surface area contributed by atoms with Gasteiger partial charge in [0.25, 0.3) is 5.91 Å². The van der Waals surface area contributed by atoms with E-state index in [1.54, 1.807) is 0 Å². The Balaban J connectivity index is 1.13. The van der Waals surface area contributed by atoms with Crippen molar-refractivity contribution in [1.29, 1.82) is 0 Å². The highest BCUT2D eigenvalue weighted by atomic mass is 19.2. The zero-order valence-electron chi connectivity index (χ0n) is 16.3. The van der Waals surface area contributed by atoms with Gasteiger partial charge in [-0.1, -0.05) is 0 Å². The van der Waals surface area contributed by atoms with Crippen LogP contribution in [0.3, 0.4) is 0 Å². The van der Waals surface area contributed by atoms with Crippen molar-refractivity contribution in [3.63, 3.8) is 0 Å². The number of halogens is 3. The normalized spacial score (nSPS) is 26.1. The Bertz CT molecular complexity index is 1040. The lowest BCUT2D eigenvalue weighted by molar-refractivity contribution is -0.140. The van der Waals surface area contributed by atoms with Crippen molar-refractivity contribution in [3.05, 3.63) is 47.0 Å². The molecule has 0 saturated heterocycles. The van der Waals surface area contributed by atoms with E-state index in [1.165, 1.54) is 0 Å². The van der Waals surface area contributed by atoms with E-state index in [-0.39, 0.29) is 16.8 Å². The van der Waals surface area contributed by atoms with Crippen molar-refractivity contribution in [1.82, 2.24) is 20.4 Å². The smallest absolute Gasteiger partial charge is 0.258 e. The molecule has 10 heteroatoms. The first-order valence-corrected chi connectivity index (χ1v) is 9.72. The van der Waals surface area contributed by atoms with E-state index in [0.29, 0.717) is 18.7 Å². The third kappa shape index (κ3) is 3.10. The van der Waals surface area contributed by atoms with Crippen LogP contribution >= 0.6 is 0 Å². The number of carbonyl (C=O) groups excluding carboxylic acids is 1. The number of hydrogen-bond donors (Lipinski definition) is 2. The number of rotatable bonds is 5. The third-order valence-electron chi connectivity index (χ3n) is 5.87. The summed E-state index contributed by atoms with van der Waals surface area (Å²) in [7, 11) is 0. The second-order valence-electron chi connectivity index (χ2n) is 8.38. The maximum Gasteiger partial charge on any atom is 0.258 e. The summed E-state index contributed by atoms with van der Waals surface area (Å²) in [4.78, 5) is 16.8. The third-order valence-corrected chi connectivity index (χ3v) is 5.87. The molecule has 0 atom stereocenters. The van der Waals surface area contributed by atoms with Crippen LogP contribution in [0.5, 0.6) is 5.75 Å². The van der Waals surface area contributed by atoms with E-state index < -0.39 is 30.0 Å². The molecule has 2 N–H and O–H groups in total. The maximum absolute atomic E-state index is 13.2. The molecule has 1 aromatic heterocycles. The van der Waals surface area contributed by atoms with Crippen LogP contribution in [0.25, 0.3) is 0 Å². The van der Waals surface area contributed by atoms with Crippen LogP contribution in [0.2, 0.25) is 0 Å². The standard InChI is InChI=1S/C20H20F3N5O2/c1-11-4-15-18(24-2-3-28(15)27-11)26-20-8-19(9-20,10-20)25-16(29)7-30-12-5-13(21)17(23)14(22)6-12/h4-6H,2-3,7-10H2,1H3,(H,24,26)(H,25,29). The van der Waals surface area contributed by atoms with Crippen LogP contribution in [0.4, 0.5) is 13.2 Å². The minimum absolute atomic E-state index is 0.0868. The van der Waals surface area contributed by atoms with Gasteiger partial charge in [-0.3, -0.25) is 14.5 Å². The fourth-order valence-corrected chi connectivity index (χ4v) is 4.75. The highest BCUT2D eigenvalue weighted by molar-refractivity contribution is 5.98. The van der Waals surface area contributed by atoms with Crippen molar-refractivity contribution < 1.29 is 22.7 Å². The van der Waals surface area contributed by atoms with E-state index in [2.05, 4.69) is 20.7 Å². The average molecular weight is 419 g/mol. The van der Waals surface area contributed by atoms with Gasteiger partial charge in [0.2, 0.25) is 0 Å². The van der Waals surface area contributed by atoms with Crippen molar-refractivity contribution in [3.8, 4) is 5.75 Å². The van der Waals surface area contributed by atoms with Gasteiger partial charge in [0.05, 0.1) is 18.8 Å². The van der Waals surface area contributed by atoms with Crippen LogP contribution in [-0.2, 0) is 11.3 Å². The molecule has 4 aliphatic rings. The number of aliphatic imine (C=N–C) groups is 1. The molecule has 1 aliphatic heterocycles. The monoisotopic (exact) mass is 419 g/mol. The fraction of sp³-hybridized carbons (Fsp3) is 0.450. The molecule has 2 aromatic rings. The molecule has 2 bridgehead atoms. The van der Waals surface area contributed by atoms with Crippen LogP contribution in [-0.4, -0.2) is 45.8 Å². The first-order valence-electron chi connectivity index (χ1n) is 9.72. The minimum Gasteiger partial charge on any atom is -0.484 e. The quantitative estimate of drug-likeness (QED) is 0.725. The topological polar surface area (TPSA) is 80.5 Å². The van der Waals surface area contributed by atoms with Crippen LogP contribution in [0.1, 0.15) is 30.7 Å². The van der Waals surface area contributed by atoms with Gasteiger partial charge < -0.3 is 15.4 Å². The molecular weight excluding hydrogens is 399 g/mol. The Morgan fingerprint density at radius 1 is 1.17 bits per heavy atom. The Morgan fingerprint density at radius 2 is 1.87 bits per heavy atom. The molecule has 0 unspecified atom stereocenters. The van der Waals surface area contributed by atoms with Gasteiger partial charge in [-0.25, -0.2) is 13.2 Å². The number of nitrogens with one attached hydrogen (secondary N) is 2. The molecule has 1 amide bonds. The number of amides is 1. The fourth-order valence-electron chi connectivity index (χ4n) is 4.75. The van der Waals surface area contributed by atoms with Gasteiger partial charge in [-0.15, -0.1) is 0 Å². The van der Waals surface area contributed by atoms with Gasteiger partial charge in [-0.2, -0.15) is 5.10 Å². The van der Waals surface area contributed by atoms with Gasteiger partial charge in [0.15, 0.2) is 24.1 Å². The summed E-state index contributed by atoms with van der Waals surface area (Å²) in [5, 5.41) is 10.9. The summed E-state index contributed by atoms with van der Waals surface area (Å²) in [5.41, 5.74) is 1.55. The number of amidine groups is 1. The Labute approximate surface area is 170 Å². The number of ether oxygens (including phenoxy) is 1. The summed E-state index contributed by atoms with van der Waals surface area (Å²) < 4.78 is 46.5. The number of nitrogens with zero attached hydrogens (tertiary/aromatic N) is 3. The van der Waals surface area contributed by atoms with Crippen LogP contribution in [0.15, 0.2) is 23.2 Å². The van der Waals surface area contributed by atoms with E-state index in [1.807, 2.05) is 17.7 Å². The summed E-state index contributed by atoms with van der Waals surface area (Å²) in [5.74, 6) is -4.08. The molecule has 6 rings (SSSR count). The van der Waals surface area contributed by atoms with Crippen molar-refractivity contribution in [2.45, 2.75) is 43.8 Å². The van der Waals surface area contributed by atoms with Crippen molar-refractivity contribution in [2.24, 2.45) is 4.99 Å². The molecule has 3 fully saturated rings. The highest BCUT2D eigenvalue weighted by Gasteiger charge is 2.69. The number of benzene rings is 1. The maximum atomic E-state index is 13.2. The first-order chi connectivity index (χ1) is 14.3. The van der Waals surface area contributed by atoms with Gasteiger partial charge in [0, 0.05) is 23.2 Å². The molecule has 1 aromatic carbocycles. The van der Waals surface area contributed by atoms with E-state index >= 15 is 0 Å². The highest BCUT2D eigenvalue weighted by Crippen LogP contribution is 2.60. The number of aryl methyl sites for hydroxylation is 1. The Kier molecular flexibility index (Phi) is 4.09. The molecule has 7 nitrogen and oxygen atoms in total. The number of carbonyl (C=O) groups is 1. The molecule has 158 valence electrons. The predicted octanol–water partition coefficient (Wildman–Crippen LogP) is 1.83.